The number of carbonyl (C=O) groups is 1. The van der Waals surface area contributed by atoms with E-state index in [4.69, 9.17) is 9.47 Å². The molecule has 3 fully saturated rings. The Kier molecular flexibility index (Phi) is 2.46. The van der Waals surface area contributed by atoms with Crippen LogP contribution in [0, 0.1) is 17.3 Å². The van der Waals surface area contributed by atoms with Gasteiger partial charge < -0.3 is 9.47 Å². The van der Waals surface area contributed by atoms with E-state index in [1.54, 1.807) is 0 Å². The van der Waals surface area contributed by atoms with Crippen molar-refractivity contribution in [3.63, 3.8) is 0 Å². The maximum atomic E-state index is 11.9. The van der Waals surface area contributed by atoms with E-state index in [0.29, 0.717) is 11.8 Å². The molecule has 0 aromatic heterocycles. The van der Waals surface area contributed by atoms with Crippen LogP contribution in [-0.2, 0) is 14.3 Å². The third-order valence-corrected chi connectivity index (χ3v) is 4.86. The molecule has 16 heavy (non-hydrogen) atoms. The summed E-state index contributed by atoms with van der Waals surface area (Å²) in [7, 11) is 1.50. The van der Waals surface area contributed by atoms with Crippen molar-refractivity contribution < 1.29 is 14.3 Å². The van der Waals surface area contributed by atoms with Gasteiger partial charge in [0.05, 0.1) is 13.2 Å². The van der Waals surface area contributed by atoms with Crippen molar-refractivity contribution in [1.82, 2.24) is 0 Å². The minimum atomic E-state index is -0.239. The summed E-state index contributed by atoms with van der Waals surface area (Å²) < 4.78 is 10.7. The zero-order valence-corrected chi connectivity index (χ0v) is 9.91. The Balaban J connectivity index is 1.75. The smallest absolute Gasteiger partial charge is 0.314 e. The second-order valence-electron chi connectivity index (χ2n) is 5.50. The molecule has 3 heteroatoms. The van der Waals surface area contributed by atoms with E-state index >= 15 is 0 Å². The second-order valence-corrected chi connectivity index (χ2v) is 5.50. The largest absolute Gasteiger partial charge is 0.469 e. The molecule has 0 radical (unpaired) electrons. The standard InChI is InChI=1S/C13H20O3/c1-15-12(14)13-7-8-16-11(13)10(13)9-5-3-2-4-6-9/h9-11H,2-8H2,1H3/t10-,11+,13+/m1/s1. The van der Waals surface area contributed by atoms with E-state index in [1.807, 2.05) is 0 Å². The lowest BCUT2D eigenvalue weighted by Crippen LogP contribution is -2.23. The number of ether oxygens (including phenoxy) is 2. The van der Waals surface area contributed by atoms with Crippen molar-refractivity contribution in [3.8, 4) is 0 Å². The van der Waals surface area contributed by atoms with Crippen LogP contribution >= 0.6 is 0 Å². The third-order valence-electron chi connectivity index (χ3n) is 4.86. The van der Waals surface area contributed by atoms with Crippen LogP contribution in [0.4, 0.5) is 0 Å². The summed E-state index contributed by atoms with van der Waals surface area (Å²) in [6.45, 7) is 0.739. The Morgan fingerprint density at radius 1 is 1.31 bits per heavy atom. The SMILES string of the molecule is COC(=O)[C@]12CCO[C@H]1[C@H]2C1CCCCC1. The highest BCUT2D eigenvalue weighted by Gasteiger charge is 2.75. The van der Waals surface area contributed by atoms with E-state index < -0.39 is 0 Å². The fraction of sp³-hybridized carbons (Fsp3) is 0.923. The Bertz CT molecular complexity index is 296. The van der Waals surface area contributed by atoms with Crippen LogP contribution in [0.3, 0.4) is 0 Å². The molecule has 0 amide bonds. The van der Waals surface area contributed by atoms with Gasteiger partial charge in [-0.15, -0.1) is 0 Å². The van der Waals surface area contributed by atoms with E-state index in [-0.39, 0.29) is 17.5 Å². The lowest BCUT2D eigenvalue weighted by atomic mass is 9.82. The van der Waals surface area contributed by atoms with Crippen LogP contribution in [0.1, 0.15) is 38.5 Å². The first kappa shape index (κ1) is 10.6. The highest BCUT2D eigenvalue weighted by molar-refractivity contribution is 5.82. The lowest BCUT2D eigenvalue weighted by molar-refractivity contribution is -0.148. The highest BCUT2D eigenvalue weighted by atomic mass is 16.5. The maximum absolute atomic E-state index is 11.9. The number of fused-ring (bicyclic) bond motifs is 1. The van der Waals surface area contributed by atoms with E-state index in [0.717, 1.165) is 13.0 Å². The Labute approximate surface area is 96.5 Å². The predicted molar refractivity (Wildman–Crippen MR) is 58.9 cm³/mol. The topological polar surface area (TPSA) is 35.5 Å². The summed E-state index contributed by atoms with van der Waals surface area (Å²) in [5.74, 6) is 1.15. The second kappa shape index (κ2) is 3.73. The monoisotopic (exact) mass is 224 g/mol. The Morgan fingerprint density at radius 3 is 2.75 bits per heavy atom. The van der Waals surface area contributed by atoms with E-state index in [9.17, 15) is 4.79 Å². The van der Waals surface area contributed by atoms with Gasteiger partial charge in [-0.1, -0.05) is 32.1 Å². The summed E-state index contributed by atoms with van der Waals surface area (Å²) in [4.78, 5) is 11.9. The van der Waals surface area contributed by atoms with Crippen molar-refractivity contribution in [3.05, 3.63) is 0 Å². The average Bonchev–Trinajstić information content (AvgIpc) is 2.79. The summed E-state index contributed by atoms with van der Waals surface area (Å²) in [5.41, 5.74) is -0.239. The number of rotatable bonds is 2. The lowest BCUT2D eigenvalue weighted by Gasteiger charge is -2.24. The average molecular weight is 224 g/mol. The van der Waals surface area contributed by atoms with Crippen LogP contribution < -0.4 is 0 Å². The Morgan fingerprint density at radius 2 is 2.06 bits per heavy atom. The number of esters is 1. The molecule has 0 aromatic carbocycles. The summed E-state index contributed by atoms with van der Waals surface area (Å²) in [6.07, 6.45) is 7.64. The molecule has 3 rings (SSSR count). The first-order chi connectivity index (χ1) is 7.80. The fourth-order valence-electron chi connectivity index (χ4n) is 4.05. The molecular formula is C13H20O3. The van der Waals surface area contributed by atoms with Crippen LogP contribution in [0.15, 0.2) is 0 Å². The number of methoxy groups -OCH3 is 1. The molecule has 2 saturated carbocycles. The van der Waals surface area contributed by atoms with Gasteiger partial charge in [-0.25, -0.2) is 0 Å². The van der Waals surface area contributed by atoms with Gasteiger partial charge in [0, 0.05) is 12.5 Å². The van der Waals surface area contributed by atoms with Crippen LogP contribution in [0.5, 0.6) is 0 Å². The molecule has 0 spiro atoms. The molecule has 3 nitrogen and oxygen atoms in total. The number of hydrogen-bond donors (Lipinski definition) is 0. The summed E-state index contributed by atoms with van der Waals surface area (Å²) in [6, 6.07) is 0. The third kappa shape index (κ3) is 1.27. The number of hydrogen-bond acceptors (Lipinski definition) is 3. The van der Waals surface area contributed by atoms with Gasteiger partial charge in [-0.2, -0.15) is 0 Å². The molecular weight excluding hydrogens is 204 g/mol. The van der Waals surface area contributed by atoms with Gasteiger partial charge in [0.25, 0.3) is 0 Å². The van der Waals surface area contributed by atoms with E-state index in [1.165, 1.54) is 39.2 Å². The van der Waals surface area contributed by atoms with Crippen molar-refractivity contribution in [2.24, 2.45) is 17.3 Å². The molecule has 0 aromatic rings. The van der Waals surface area contributed by atoms with Crippen LogP contribution in [-0.4, -0.2) is 25.8 Å². The van der Waals surface area contributed by atoms with Gasteiger partial charge >= 0.3 is 5.97 Å². The minimum Gasteiger partial charge on any atom is -0.469 e. The van der Waals surface area contributed by atoms with Crippen molar-refractivity contribution >= 4 is 5.97 Å². The van der Waals surface area contributed by atoms with Crippen molar-refractivity contribution in [2.45, 2.75) is 44.6 Å². The molecule has 0 bridgehead atoms. The van der Waals surface area contributed by atoms with Crippen molar-refractivity contribution in [2.75, 3.05) is 13.7 Å². The Hall–Kier alpha value is -0.570. The molecule has 0 unspecified atom stereocenters. The molecule has 1 heterocycles. The summed E-state index contributed by atoms with van der Waals surface area (Å²) >= 11 is 0. The molecule has 1 aliphatic heterocycles. The van der Waals surface area contributed by atoms with Gasteiger partial charge in [0.1, 0.15) is 5.41 Å². The minimum absolute atomic E-state index is 0.0226. The predicted octanol–water partition coefficient (Wildman–Crippen LogP) is 2.14. The molecule has 3 atom stereocenters. The van der Waals surface area contributed by atoms with Gasteiger partial charge in [0.15, 0.2) is 0 Å². The maximum Gasteiger partial charge on any atom is 0.314 e. The van der Waals surface area contributed by atoms with Crippen molar-refractivity contribution in [1.29, 1.82) is 0 Å². The van der Waals surface area contributed by atoms with Gasteiger partial charge in [-0.05, 0) is 12.3 Å². The first-order valence-corrected chi connectivity index (χ1v) is 6.50. The van der Waals surface area contributed by atoms with Crippen LogP contribution in [0.25, 0.3) is 0 Å². The van der Waals surface area contributed by atoms with Gasteiger partial charge in [-0.3, -0.25) is 4.79 Å². The number of carbonyl (C=O) groups excluding carboxylic acids is 1. The fourth-order valence-corrected chi connectivity index (χ4v) is 4.05. The molecule has 3 aliphatic rings. The molecule has 90 valence electrons. The van der Waals surface area contributed by atoms with Crippen LogP contribution in [0.2, 0.25) is 0 Å². The molecule has 2 aliphatic carbocycles. The normalized spacial score (nSPS) is 42.8. The quantitative estimate of drug-likeness (QED) is 0.674. The molecule has 1 saturated heterocycles. The zero-order valence-electron chi connectivity index (χ0n) is 9.91. The first-order valence-electron chi connectivity index (χ1n) is 6.50. The highest BCUT2D eigenvalue weighted by Crippen LogP contribution is 2.66. The molecule has 0 N–H and O–H groups in total. The van der Waals surface area contributed by atoms with Gasteiger partial charge in [0.2, 0.25) is 0 Å². The zero-order chi connectivity index (χ0) is 11.2. The summed E-state index contributed by atoms with van der Waals surface area (Å²) in [5, 5.41) is 0. The van der Waals surface area contributed by atoms with E-state index in [2.05, 4.69) is 0 Å².